The Labute approximate surface area is 171 Å². The second-order valence-corrected chi connectivity index (χ2v) is 7.77. The Balaban J connectivity index is 1.64. The number of aromatic nitrogens is 2. The van der Waals surface area contributed by atoms with Gasteiger partial charge in [-0.15, -0.1) is 0 Å². The average molecular weight is 401 g/mol. The van der Waals surface area contributed by atoms with Gasteiger partial charge in [-0.2, -0.15) is 0 Å². The van der Waals surface area contributed by atoms with Gasteiger partial charge in [0.15, 0.2) is 5.11 Å². The molecule has 4 heterocycles. The van der Waals surface area contributed by atoms with Crippen LogP contribution < -0.4 is 5.32 Å². The van der Waals surface area contributed by atoms with E-state index in [9.17, 15) is 0 Å². The quantitative estimate of drug-likeness (QED) is 0.543. The van der Waals surface area contributed by atoms with Gasteiger partial charge in [0.2, 0.25) is 0 Å². The van der Waals surface area contributed by atoms with Crippen LogP contribution in [0.3, 0.4) is 0 Å². The summed E-state index contributed by atoms with van der Waals surface area (Å²) in [6, 6.07) is 10.5. The molecule has 2 aromatic heterocycles. The van der Waals surface area contributed by atoms with E-state index in [2.05, 4.69) is 44.2 Å². The Morgan fingerprint density at radius 2 is 2.25 bits per heavy atom. The fourth-order valence-electron chi connectivity index (χ4n) is 4.22. The van der Waals surface area contributed by atoms with Crippen molar-refractivity contribution < 1.29 is 9.47 Å². The van der Waals surface area contributed by atoms with Crippen molar-refractivity contribution in [1.82, 2.24) is 19.8 Å². The minimum absolute atomic E-state index is 0.0226. The lowest BCUT2D eigenvalue weighted by Crippen LogP contribution is -2.32. The molecule has 28 heavy (non-hydrogen) atoms. The van der Waals surface area contributed by atoms with Gasteiger partial charge in [0.25, 0.3) is 0 Å². The molecule has 0 saturated carbocycles. The van der Waals surface area contributed by atoms with E-state index in [4.69, 9.17) is 21.7 Å². The Hall–Kier alpha value is -1.96. The molecule has 2 fully saturated rings. The molecule has 2 saturated heterocycles. The van der Waals surface area contributed by atoms with Crippen LogP contribution in [-0.2, 0) is 16.0 Å². The molecule has 0 bridgehead atoms. The highest BCUT2D eigenvalue weighted by molar-refractivity contribution is 7.80. The standard InChI is InChI=1S/C21H28N4O2S/c1-26-13-6-12-25-20(19(23-21(25)28)17-8-2-3-10-22-17)18-9-4-11-24(18)15-16-7-5-14-27-16/h2-4,8-11,16,19-20H,5-7,12-15H2,1H3,(H,23,28)/t16-,19-,20-/m0/s1. The third kappa shape index (κ3) is 4.06. The Kier molecular flexibility index (Phi) is 6.24. The lowest BCUT2D eigenvalue weighted by atomic mass is 10.0. The molecule has 4 rings (SSSR count). The van der Waals surface area contributed by atoms with Gasteiger partial charge in [-0.3, -0.25) is 4.98 Å². The van der Waals surface area contributed by atoms with Crippen LogP contribution in [0.4, 0.5) is 0 Å². The maximum Gasteiger partial charge on any atom is 0.170 e. The van der Waals surface area contributed by atoms with Gasteiger partial charge in [0.05, 0.1) is 23.9 Å². The first-order chi connectivity index (χ1) is 13.8. The molecule has 0 amide bonds. The van der Waals surface area contributed by atoms with E-state index in [1.807, 2.05) is 18.3 Å². The van der Waals surface area contributed by atoms with E-state index in [1.165, 1.54) is 5.69 Å². The number of rotatable bonds is 8. The monoisotopic (exact) mass is 400 g/mol. The van der Waals surface area contributed by atoms with Crippen LogP contribution in [-0.4, -0.2) is 52.5 Å². The van der Waals surface area contributed by atoms with E-state index in [0.717, 1.165) is 56.4 Å². The minimum atomic E-state index is 0.0226. The molecule has 1 N–H and O–H groups in total. The molecule has 3 atom stereocenters. The Morgan fingerprint density at radius 1 is 1.32 bits per heavy atom. The molecular weight excluding hydrogens is 372 g/mol. The zero-order valence-corrected chi connectivity index (χ0v) is 17.1. The van der Waals surface area contributed by atoms with Crippen molar-refractivity contribution in [3.63, 3.8) is 0 Å². The van der Waals surface area contributed by atoms with Crippen LogP contribution in [0.25, 0.3) is 0 Å². The van der Waals surface area contributed by atoms with Crippen molar-refractivity contribution in [2.24, 2.45) is 0 Å². The van der Waals surface area contributed by atoms with Crippen molar-refractivity contribution in [3.05, 3.63) is 54.1 Å². The summed E-state index contributed by atoms with van der Waals surface area (Å²) in [5, 5.41) is 4.30. The first-order valence-electron chi connectivity index (χ1n) is 10.0. The zero-order chi connectivity index (χ0) is 19.3. The van der Waals surface area contributed by atoms with Crippen LogP contribution >= 0.6 is 12.2 Å². The molecule has 0 aliphatic carbocycles. The van der Waals surface area contributed by atoms with Gasteiger partial charge >= 0.3 is 0 Å². The normalized spacial score (nSPS) is 24.7. The van der Waals surface area contributed by atoms with Crippen LogP contribution in [0.15, 0.2) is 42.7 Å². The van der Waals surface area contributed by atoms with Crippen LogP contribution in [0.2, 0.25) is 0 Å². The molecular formula is C21H28N4O2S. The summed E-state index contributed by atoms with van der Waals surface area (Å²) in [6.45, 7) is 3.32. The van der Waals surface area contributed by atoms with Gasteiger partial charge in [-0.05, 0) is 55.7 Å². The number of nitrogens with zero attached hydrogens (tertiary/aromatic N) is 3. The number of thiocarbonyl (C=S) groups is 1. The number of nitrogens with one attached hydrogen (secondary N) is 1. The number of methoxy groups -OCH3 is 1. The fraction of sp³-hybridized carbons (Fsp3) is 0.524. The lowest BCUT2D eigenvalue weighted by Gasteiger charge is -2.29. The largest absolute Gasteiger partial charge is 0.385 e. The average Bonchev–Trinajstić information content (AvgIpc) is 3.45. The fourth-order valence-corrected chi connectivity index (χ4v) is 4.55. The number of hydrogen-bond acceptors (Lipinski definition) is 4. The summed E-state index contributed by atoms with van der Waals surface area (Å²) < 4.78 is 13.5. The van der Waals surface area contributed by atoms with Gasteiger partial charge < -0.3 is 24.3 Å². The summed E-state index contributed by atoms with van der Waals surface area (Å²) in [6.07, 6.45) is 7.49. The maximum absolute atomic E-state index is 5.88. The highest BCUT2D eigenvalue weighted by Gasteiger charge is 2.41. The number of ether oxygens (including phenoxy) is 2. The van der Waals surface area contributed by atoms with E-state index in [0.29, 0.717) is 6.10 Å². The lowest BCUT2D eigenvalue weighted by molar-refractivity contribution is 0.0952. The summed E-state index contributed by atoms with van der Waals surface area (Å²) in [5.74, 6) is 0. The van der Waals surface area contributed by atoms with Crippen molar-refractivity contribution in [3.8, 4) is 0 Å². The zero-order valence-electron chi connectivity index (χ0n) is 16.3. The molecule has 2 aliphatic rings. The van der Waals surface area contributed by atoms with Gasteiger partial charge in [0, 0.05) is 51.5 Å². The first-order valence-corrected chi connectivity index (χ1v) is 10.4. The third-order valence-electron chi connectivity index (χ3n) is 5.54. The van der Waals surface area contributed by atoms with Crippen LogP contribution in [0.1, 0.15) is 42.7 Å². The molecule has 2 aromatic rings. The van der Waals surface area contributed by atoms with Crippen molar-refractivity contribution >= 4 is 17.3 Å². The highest BCUT2D eigenvalue weighted by atomic mass is 32.1. The third-order valence-corrected chi connectivity index (χ3v) is 5.89. The summed E-state index contributed by atoms with van der Waals surface area (Å²) in [7, 11) is 1.74. The molecule has 0 unspecified atom stereocenters. The number of hydrogen-bond donors (Lipinski definition) is 1. The van der Waals surface area contributed by atoms with Crippen molar-refractivity contribution in [2.45, 2.75) is 44.0 Å². The summed E-state index contributed by atoms with van der Waals surface area (Å²) in [4.78, 5) is 6.90. The minimum Gasteiger partial charge on any atom is -0.385 e. The summed E-state index contributed by atoms with van der Waals surface area (Å²) in [5.41, 5.74) is 2.25. The van der Waals surface area contributed by atoms with E-state index in [1.54, 1.807) is 7.11 Å². The van der Waals surface area contributed by atoms with Gasteiger partial charge in [-0.1, -0.05) is 6.07 Å². The molecule has 0 aromatic carbocycles. The molecule has 0 radical (unpaired) electrons. The predicted octanol–water partition coefficient (Wildman–Crippen LogP) is 3.07. The molecule has 150 valence electrons. The first kappa shape index (κ1) is 19.4. The van der Waals surface area contributed by atoms with Gasteiger partial charge in [-0.25, -0.2) is 0 Å². The Bertz CT molecular complexity index is 776. The Morgan fingerprint density at radius 3 is 3.00 bits per heavy atom. The molecule has 2 aliphatic heterocycles. The van der Waals surface area contributed by atoms with Crippen molar-refractivity contribution in [2.75, 3.05) is 26.9 Å². The molecule has 6 nitrogen and oxygen atoms in total. The SMILES string of the molecule is COCCCN1C(=S)N[C@@H](c2ccccn2)[C@@H]1c1cccn1C[C@@H]1CCCO1. The van der Waals surface area contributed by atoms with E-state index in [-0.39, 0.29) is 12.1 Å². The van der Waals surface area contributed by atoms with E-state index < -0.39 is 0 Å². The smallest absolute Gasteiger partial charge is 0.170 e. The maximum atomic E-state index is 5.88. The van der Waals surface area contributed by atoms with Crippen molar-refractivity contribution in [1.29, 1.82) is 0 Å². The molecule has 0 spiro atoms. The molecule has 7 heteroatoms. The van der Waals surface area contributed by atoms with E-state index >= 15 is 0 Å². The predicted molar refractivity (Wildman–Crippen MR) is 112 cm³/mol. The summed E-state index contributed by atoms with van der Waals surface area (Å²) >= 11 is 5.72. The number of pyridine rings is 1. The topological polar surface area (TPSA) is 51.5 Å². The second-order valence-electron chi connectivity index (χ2n) is 7.39. The van der Waals surface area contributed by atoms with Crippen LogP contribution in [0.5, 0.6) is 0 Å². The second kappa shape index (κ2) is 9.03. The van der Waals surface area contributed by atoms with Gasteiger partial charge in [0.1, 0.15) is 0 Å². The van der Waals surface area contributed by atoms with Crippen LogP contribution in [0, 0.1) is 0 Å². The highest BCUT2D eigenvalue weighted by Crippen LogP contribution is 2.39.